The summed E-state index contributed by atoms with van der Waals surface area (Å²) in [5.74, 6) is -0.115. The van der Waals surface area contributed by atoms with Crippen LogP contribution < -0.4 is 21.1 Å². The van der Waals surface area contributed by atoms with Crippen molar-refractivity contribution in [1.29, 1.82) is 0 Å². The van der Waals surface area contributed by atoms with Gasteiger partial charge >= 0.3 is 0 Å². The number of aliphatic hydroxyl groups is 1. The number of carbonyl (C=O) groups is 2. The van der Waals surface area contributed by atoms with E-state index in [4.69, 9.17) is 10.5 Å². The normalized spacial score (nSPS) is 19.7. The Kier molecular flexibility index (Phi) is 13.9. The molecule has 0 aromatic heterocycles. The van der Waals surface area contributed by atoms with Gasteiger partial charge in [-0.05, 0) is 80.0 Å². The van der Waals surface area contributed by atoms with E-state index in [2.05, 4.69) is 17.6 Å². The van der Waals surface area contributed by atoms with Crippen molar-refractivity contribution in [1.82, 2.24) is 14.9 Å². The second-order valence-electron chi connectivity index (χ2n) is 12.0. The Morgan fingerprint density at radius 2 is 1.68 bits per heavy atom. The number of carbonyl (C=O) groups excluding carboxylic acids is 2. The molecule has 244 valence electrons. The molecule has 44 heavy (non-hydrogen) atoms. The molecule has 0 radical (unpaired) electrons. The Balaban J connectivity index is 1.91. The quantitative estimate of drug-likeness (QED) is 0.216. The number of hydrogen-bond donors (Lipinski definition) is 4. The molecule has 2 bridgehead atoms. The molecule has 11 heteroatoms. The number of nitrogens with zero attached hydrogens (tertiary/aromatic N) is 1. The first-order valence-corrected chi connectivity index (χ1v) is 17.3. The zero-order chi connectivity index (χ0) is 32.1. The van der Waals surface area contributed by atoms with Gasteiger partial charge in [-0.25, -0.2) is 8.42 Å². The van der Waals surface area contributed by atoms with Gasteiger partial charge in [0.1, 0.15) is 11.8 Å². The van der Waals surface area contributed by atoms with E-state index in [0.29, 0.717) is 37.3 Å². The summed E-state index contributed by atoms with van der Waals surface area (Å²) in [7, 11) is -3.96. The number of anilines is 1. The van der Waals surface area contributed by atoms with Crippen LogP contribution in [0.2, 0.25) is 0 Å². The first-order valence-electron chi connectivity index (χ1n) is 15.9. The predicted octanol–water partition coefficient (Wildman–Crippen LogP) is 4.02. The van der Waals surface area contributed by atoms with Crippen LogP contribution in [0.3, 0.4) is 0 Å². The van der Waals surface area contributed by atoms with Gasteiger partial charge in [0.15, 0.2) is 0 Å². The van der Waals surface area contributed by atoms with Crippen molar-refractivity contribution >= 4 is 27.5 Å². The molecule has 3 atom stereocenters. The Bertz CT molecular complexity index is 1280. The number of amides is 2. The van der Waals surface area contributed by atoms with Crippen LogP contribution in [0.5, 0.6) is 5.75 Å². The lowest BCUT2D eigenvalue weighted by Crippen LogP contribution is -2.56. The molecule has 0 saturated carbocycles. The summed E-state index contributed by atoms with van der Waals surface area (Å²) < 4.78 is 34.7. The number of benzene rings is 2. The molecular formula is C33H50N4O6S. The molecule has 2 aliphatic heterocycles. The molecular weight excluding hydrogens is 580 g/mol. The van der Waals surface area contributed by atoms with E-state index < -0.39 is 34.1 Å². The minimum Gasteiger partial charge on any atom is -0.494 e. The van der Waals surface area contributed by atoms with E-state index in [9.17, 15) is 23.1 Å². The van der Waals surface area contributed by atoms with E-state index in [1.165, 1.54) is 28.6 Å². The number of nitrogens with two attached hydrogens (primary N) is 1. The molecule has 0 saturated heterocycles. The Morgan fingerprint density at radius 3 is 2.34 bits per heavy atom. The fraction of sp³-hybridized carbons (Fsp3) is 0.576. The van der Waals surface area contributed by atoms with Gasteiger partial charge in [0, 0.05) is 25.2 Å². The number of aliphatic hydroxyl groups excluding tert-OH is 1. The molecule has 10 nitrogen and oxygen atoms in total. The van der Waals surface area contributed by atoms with Gasteiger partial charge in [-0.15, -0.1) is 0 Å². The third kappa shape index (κ3) is 10.8. The van der Waals surface area contributed by atoms with Gasteiger partial charge in [-0.2, -0.15) is 4.31 Å². The average molecular weight is 631 g/mol. The van der Waals surface area contributed by atoms with Crippen LogP contribution >= 0.6 is 0 Å². The van der Waals surface area contributed by atoms with Crippen LogP contribution in [0.25, 0.3) is 0 Å². The summed E-state index contributed by atoms with van der Waals surface area (Å²) >= 11 is 0. The number of nitrogen functional groups attached to an aromatic ring is 1. The van der Waals surface area contributed by atoms with Crippen LogP contribution in [0.1, 0.15) is 77.7 Å². The Labute approximate surface area is 262 Å². The summed E-state index contributed by atoms with van der Waals surface area (Å²) in [6.07, 6.45) is 5.08. The molecule has 4 rings (SSSR count). The molecule has 2 aromatic carbocycles. The minimum absolute atomic E-state index is 0.0884. The van der Waals surface area contributed by atoms with E-state index in [-0.39, 0.29) is 36.2 Å². The van der Waals surface area contributed by atoms with E-state index in [1.807, 2.05) is 38.1 Å². The van der Waals surface area contributed by atoms with E-state index >= 15 is 0 Å². The highest BCUT2D eigenvalue weighted by Gasteiger charge is 2.33. The molecule has 5 N–H and O–H groups in total. The summed E-state index contributed by atoms with van der Waals surface area (Å²) in [6.45, 7) is 6.33. The van der Waals surface area contributed by atoms with Crippen molar-refractivity contribution in [3.63, 3.8) is 0 Å². The van der Waals surface area contributed by atoms with E-state index in [0.717, 1.165) is 37.7 Å². The lowest BCUT2D eigenvalue weighted by atomic mass is 9.98. The summed E-state index contributed by atoms with van der Waals surface area (Å²) in [5.41, 5.74) is 7.09. The molecule has 0 aliphatic carbocycles. The van der Waals surface area contributed by atoms with Gasteiger partial charge in [0.25, 0.3) is 0 Å². The first kappa shape index (κ1) is 35.3. The van der Waals surface area contributed by atoms with Crippen molar-refractivity contribution in [3.05, 3.63) is 54.1 Å². The van der Waals surface area contributed by atoms with Crippen LogP contribution in [0.4, 0.5) is 5.69 Å². The van der Waals surface area contributed by atoms with Crippen molar-refractivity contribution in [3.8, 4) is 5.75 Å². The SMILES string of the molecule is CCCCCCN(C[C@@H](O)[C@@H]1Cc2ccc(cc2)OCCCCCC(=O)N[C@@H](C(C)C)C(=O)N1)S(=O)(=O)c1ccc(N)cc1. The second-order valence-corrected chi connectivity index (χ2v) is 13.9. The zero-order valence-corrected chi connectivity index (χ0v) is 27.2. The van der Waals surface area contributed by atoms with Crippen molar-refractivity contribution < 1.29 is 27.9 Å². The van der Waals surface area contributed by atoms with E-state index in [1.54, 1.807) is 0 Å². The third-order valence-electron chi connectivity index (χ3n) is 7.92. The number of unbranched alkanes of at least 4 members (excludes halogenated alkanes) is 3. The molecule has 2 amide bonds. The monoisotopic (exact) mass is 630 g/mol. The number of rotatable bonds is 11. The highest BCUT2D eigenvalue weighted by atomic mass is 32.2. The number of fused-ring (bicyclic) bond motifs is 14. The summed E-state index contributed by atoms with van der Waals surface area (Å²) in [5, 5.41) is 17.4. The summed E-state index contributed by atoms with van der Waals surface area (Å²) in [6, 6.07) is 11.8. The summed E-state index contributed by atoms with van der Waals surface area (Å²) in [4.78, 5) is 26.4. The molecule has 2 aliphatic rings. The number of ether oxygens (including phenoxy) is 1. The number of hydrogen-bond acceptors (Lipinski definition) is 7. The molecule has 2 aromatic rings. The third-order valence-corrected chi connectivity index (χ3v) is 9.80. The smallest absolute Gasteiger partial charge is 0.243 e. The highest BCUT2D eigenvalue weighted by Crippen LogP contribution is 2.21. The van der Waals surface area contributed by atoms with Crippen LogP contribution in [0, 0.1) is 5.92 Å². The largest absolute Gasteiger partial charge is 0.494 e. The molecule has 2 heterocycles. The van der Waals surface area contributed by atoms with Crippen LogP contribution in [-0.2, 0) is 26.0 Å². The van der Waals surface area contributed by atoms with Crippen molar-refractivity contribution in [2.24, 2.45) is 5.92 Å². The Morgan fingerprint density at radius 1 is 0.977 bits per heavy atom. The molecule has 0 spiro atoms. The van der Waals surface area contributed by atoms with Crippen LogP contribution in [-0.4, -0.2) is 67.5 Å². The van der Waals surface area contributed by atoms with Crippen LogP contribution in [0.15, 0.2) is 53.4 Å². The number of sulfonamides is 1. The average Bonchev–Trinajstić information content (AvgIpc) is 2.99. The maximum absolute atomic E-state index is 13.8. The van der Waals surface area contributed by atoms with Gasteiger partial charge in [0.05, 0.1) is 23.6 Å². The van der Waals surface area contributed by atoms with Gasteiger partial charge in [-0.3, -0.25) is 9.59 Å². The van der Waals surface area contributed by atoms with Gasteiger partial charge in [-0.1, -0.05) is 52.2 Å². The maximum atomic E-state index is 13.8. The molecule has 0 fully saturated rings. The highest BCUT2D eigenvalue weighted by molar-refractivity contribution is 7.89. The van der Waals surface area contributed by atoms with Crippen molar-refractivity contribution in [2.75, 3.05) is 25.4 Å². The number of nitrogens with one attached hydrogen (secondary N) is 2. The first-order chi connectivity index (χ1) is 21.0. The lowest BCUT2D eigenvalue weighted by molar-refractivity contribution is -0.131. The standard InChI is InChI=1S/C33H50N4O6S/c1-4-5-6-9-20-37(44(41,42)28-18-14-26(34)15-19-28)23-30(38)29-22-25-12-16-27(17-13-25)43-21-10-7-8-11-31(39)36-32(24(2)3)33(40)35-29/h12-19,24,29-30,32,38H,4-11,20-23,34H2,1-3H3,(H,35,40)(H,36,39)/t29-,30+,32-/m0/s1. The fourth-order valence-electron chi connectivity index (χ4n) is 5.22. The van der Waals surface area contributed by atoms with Crippen molar-refractivity contribution in [2.45, 2.75) is 102 Å². The minimum atomic E-state index is -3.96. The Hall–Kier alpha value is -3.15. The maximum Gasteiger partial charge on any atom is 0.243 e. The predicted molar refractivity (Wildman–Crippen MR) is 173 cm³/mol. The van der Waals surface area contributed by atoms with Gasteiger partial charge in [0.2, 0.25) is 21.8 Å². The lowest BCUT2D eigenvalue weighted by Gasteiger charge is -2.31. The second kappa shape index (κ2) is 17.4. The topological polar surface area (TPSA) is 151 Å². The zero-order valence-electron chi connectivity index (χ0n) is 26.3. The fourth-order valence-corrected chi connectivity index (χ4v) is 6.71. The molecule has 0 unspecified atom stereocenters. The van der Waals surface area contributed by atoms with Gasteiger partial charge < -0.3 is 26.2 Å².